The van der Waals surface area contributed by atoms with Gasteiger partial charge in [-0.05, 0) is 57.8 Å². The maximum Gasteiger partial charge on any atom is 0.133 e. The van der Waals surface area contributed by atoms with Gasteiger partial charge >= 0.3 is 0 Å². The minimum Gasteiger partial charge on any atom is -0.496 e. The molecule has 19 heavy (non-hydrogen) atoms. The molecule has 108 valence electrons. The fraction of sp³-hybridized carbons (Fsp3) is 0.625. The Morgan fingerprint density at radius 3 is 2.42 bits per heavy atom. The molecule has 0 amide bonds. The van der Waals surface area contributed by atoms with E-state index in [9.17, 15) is 5.11 Å². The molecule has 2 nitrogen and oxygen atoms in total. The lowest BCUT2D eigenvalue weighted by Gasteiger charge is -2.25. The van der Waals surface area contributed by atoms with Crippen LogP contribution in [0.1, 0.15) is 52.2 Å². The molecule has 0 aromatic heterocycles. The fourth-order valence-electron chi connectivity index (χ4n) is 2.54. The van der Waals surface area contributed by atoms with E-state index in [1.165, 1.54) is 0 Å². The van der Waals surface area contributed by atoms with E-state index < -0.39 is 6.10 Å². The van der Waals surface area contributed by atoms with E-state index in [0.717, 1.165) is 28.6 Å². The summed E-state index contributed by atoms with van der Waals surface area (Å²) in [6, 6.07) is 5.75. The average Bonchev–Trinajstić information content (AvgIpc) is 2.26. The third kappa shape index (κ3) is 5.53. The molecule has 1 aromatic carbocycles. The van der Waals surface area contributed by atoms with Crippen molar-refractivity contribution in [3.63, 3.8) is 0 Å². The summed E-state index contributed by atoms with van der Waals surface area (Å²) in [5.74, 6) is 1.29. The number of hydrogen-bond acceptors (Lipinski definition) is 2. The van der Waals surface area contributed by atoms with Crippen LogP contribution in [-0.2, 0) is 0 Å². The Kier molecular flexibility index (Phi) is 5.87. The van der Waals surface area contributed by atoms with Crippen molar-refractivity contribution >= 4 is 15.9 Å². The van der Waals surface area contributed by atoms with Crippen LogP contribution in [0, 0.1) is 11.3 Å². The van der Waals surface area contributed by atoms with Gasteiger partial charge in [0, 0.05) is 0 Å². The van der Waals surface area contributed by atoms with Gasteiger partial charge in [-0.1, -0.05) is 33.8 Å². The number of halogens is 1. The van der Waals surface area contributed by atoms with Gasteiger partial charge in [-0.2, -0.15) is 0 Å². The minimum absolute atomic E-state index is 0.305. The maximum absolute atomic E-state index is 10.3. The van der Waals surface area contributed by atoms with Crippen LogP contribution < -0.4 is 4.74 Å². The first kappa shape index (κ1) is 16.5. The molecule has 1 N–H and O–H groups in total. The Balaban J connectivity index is 2.68. The van der Waals surface area contributed by atoms with Crippen LogP contribution in [0.25, 0.3) is 0 Å². The maximum atomic E-state index is 10.3. The molecular formula is C16H25BrO2. The highest BCUT2D eigenvalue weighted by Crippen LogP contribution is 2.33. The molecule has 3 heteroatoms. The summed E-state index contributed by atoms with van der Waals surface area (Å²) < 4.78 is 6.08. The molecule has 0 saturated carbocycles. The van der Waals surface area contributed by atoms with Crippen molar-refractivity contribution in [3.8, 4) is 5.75 Å². The van der Waals surface area contributed by atoms with E-state index in [1.807, 2.05) is 18.2 Å². The van der Waals surface area contributed by atoms with Gasteiger partial charge in [0.1, 0.15) is 5.75 Å². The number of aliphatic hydroxyl groups is 1. The summed E-state index contributed by atoms with van der Waals surface area (Å²) in [5, 5.41) is 10.3. The van der Waals surface area contributed by atoms with Gasteiger partial charge in [0.2, 0.25) is 0 Å². The second-order valence-electron chi connectivity index (χ2n) is 6.52. The normalized spacial score (nSPS) is 15.1. The number of aliphatic hydroxyl groups excluding tert-OH is 1. The van der Waals surface area contributed by atoms with Crippen LogP contribution in [-0.4, -0.2) is 12.2 Å². The largest absolute Gasteiger partial charge is 0.496 e. The van der Waals surface area contributed by atoms with E-state index in [4.69, 9.17) is 4.74 Å². The molecule has 0 aliphatic carbocycles. The third-order valence-corrected chi connectivity index (χ3v) is 3.77. The van der Waals surface area contributed by atoms with Crippen molar-refractivity contribution in [1.29, 1.82) is 0 Å². The summed E-state index contributed by atoms with van der Waals surface area (Å²) in [4.78, 5) is 0. The van der Waals surface area contributed by atoms with Gasteiger partial charge in [-0.15, -0.1) is 0 Å². The van der Waals surface area contributed by atoms with E-state index >= 15 is 0 Å². The smallest absolute Gasteiger partial charge is 0.133 e. The van der Waals surface area contributed by atoms with Crippen molar-refractivity contribution in [2.24, 2.45) is 11.3 Å². The van der Waals surface area contributed by atoms with Gasteiger partial charge in [-0.3, -0.25) is 0 Å². The molecule has 1 aromatic rings. The van der Waals surface area contributed by atoms with Gasteiger partial charge in [0.15, 0.2) is 0 Å². The Labute approximate surface area is 125 Å². The molecule has 0 fully saturated rings. The van der Waals surface area contributed by atoms with Crippen molar-refractivity contribution in [1.82, 2.24) is 0 Å². The summed E-state index contributed by atoms with van der Waals surface area (Å²) in [6.07, 6.45) is 1.48. The Bertz CT molecular complexity index is 410. The molecule has 0 aliphatic rings. The monoisotopic (exact) mass is 328 g/mol. The second-order valence-corrected chi connectivity index (χ2v) is 7.37. The first-order valence-corrected chi connectivity index (χ1v) is 7.53. The Hall–Kier alpha value is -0.540. The van der Waals surface area contributed by atoms with Crippen LogP contribution in [0.15, 0.2) is 22.7 Å². The van der Waals surface area contributed by atoms with E-state index in [2.05, 4.69) is 43.6 Å². The van der Waals surface area contributed by atoms with Crippen molar-refractivity contribution in [2.75, 3.05) is 7.11 Å². The van der Waals surface area contributed by atoms with Crippen molar-refractivity contribution in [3.05, 3.63) is 28.2 Å². The molecule has 1 rings (SSSR count). The molecule has 2 unspecified atom stereocenters. The molecule has 0 heterocycles. The SMILES string of the molecule is COc1ccc(C(O)CC(C)CC(C)(C)C)cc1Br. The van der Waals surface area contributed by atoms with Gasteiger partial charge < -0.3 is 9.84 Å². The molecule has 0 radical (unpaired) electrons. The van der Waals surface area contributed by atoms with Crippen LogP contribution in [0.4, 0.5) is 0 Å². The number of hydrogen-bond donors (Lipinski definition) is 1. The minimum atomic E-state index is -0.417. The lowest BCUT2D eigenvalue weighted by atomic mass is 9.82. The summed E-state index contributed by atoms with van der Waals surface area (Å²) >= 11 is 3.45. The van der Waals surface area contributed by atoms with E-state index in [0.29, 0.717) is 11.3 Å². The highest BCUT2D eigenvalue weighted by Gasteiger charge is 2.19. The predicted molar refractivity (Wildman–Crippen MR) is 83.5 cm³/mol. The predicted octanol–water partition coefficient (Wildman–Crippen LogP) is 4.95. The van der Waals surface area contributed by atoms with Crippen molar-refractivity contribution in [2.45, 2.75) is 46.6 Å². The topological polar surface area (TPSA) is 29.5 Å². The van der Waals surface area contributed by atoms with Crippen LogP contribution in [0.5, 0.6) is 5.75 Å². The first-order valence-electron chi connectivity index (χ1n) is 6.74. The third-order valence-electron chi connectivity index (χ3n) is 3.15. The number of ether oxygens (including phenoxy) is 1. The second kappa shape index (κ2) is 6.76. The standard InChI is InChI=1S/C16H25BrO2/c1-11(10-16(2,3)4)8-14(18)12-6-7-15(19-5)13(17)9-12/h6-7,9,11,14,18H,8,10H2,1-5H3. The number of rotatable bonds is 5. The molecule has 2 atom stereocenters. The summed E-state index contributed by atoms with van der Waals surface area (Å²) in [7, 11) is 1.64. The van der Waals surface area contributed by atoms with Gasteiger partial charge in [0.05, 0.1) is 17.7 Å². The van der Waals surface area contributed by atoms with Crippen LogP contribution in [0.2, 0.25) is 0 Å². The van der Waals surface area contributed by atoms with E-state index in [1.54, 1.807) is 7.11 Å². The lowest BCUT2D eigenvalue weighted by molar-refractivity contribution is 0.134. The quantitative estimate of drug-likeness (QED) is 0.828. The summed E-state index contributed by atoms with van der Waals surface area (Å²) in [6.45, 7) is 8.91. The molecule has 0 saturated heterocycles. The van der Waals surface area contributed by atoms with Gasteiger partial charge in [-0.25, -0.2) is 0 Å². The lowest BCUT2D eigenvalue weighted by Crippen LogP contribution is -2.13. The van der Waals surface area contributed by atoms with Crippen LogP contribution >= 0.6 is 15.9 Å². The highest BCUT2D eigenvalue weighted by molar-refractivity contribution is 9.10. The number of methoxy groups -OCH3 is 1. The Morgan fingerprint density at radius 1 is 1.32 bits per heavy atom. The zero-order chi connectivity index (χ0) is 14.6. The average molecular weight is 329 g/mol. The summed E-state index contributed by atoms with van der Waals surface area (Å²) in [5.41, 5.74) is 1.24. The van der Waals surface area contributed by atoms with Crippen molar-refractivity contribution < 1.29 is 9.84 Å². The highest BCUT2D eigenvalue weighted by atomic mass is 79.9. The molecule has 0 aliphatic heterocycles. The molecule has 0 bridgehead atoms. The first-order chi connectivity index (χ1) is 8.73. The Morgan fingerprint density at radius 2 is 1.95 bits per heavy atom. The zero-order valence-electron chi connectivity index (χ0n) is 12.5. The number of benzene rings is 1. The van der Waals surface area contributed by atoms with E-state index in [-0.39, 0.29) is 0 Å². The van der Waals surface area contributed by atoms with Gasteiger partial charge in [0.25, 0.3) is 0 Å². The molecular weight excluding hydrogens is 304 g/mol. The van der Waals surface area contributed by atoms with Crippen LogP contribution in [0.3, 0.4) is 0 Å². The zero-order valence-corrected chi connectivity index (χ0v) is 14.1. The molecule has 0 spiro atoms. The fourth-order valence-corrected chi connectivity index (χ4v) is 3.09.